The number of phenolic OH excluding ortho intramolecular Hbond substituents is 1. The number of methoxy groups -OCH3 is 1. The van der Waals surface area contributed by atoms with Crippen LogP contribution < -0.4 is 4.74 Å². The van der Waals surface area contributed by atoms with E-state index in [0.29, 0.717) is 23.9 Å². The smallest absolute Gasteiger partial charge is 0.170 e. The highest BCUT2D eigenvalue weighted by molar-refractivity contribution is 5.79. The molecule has 166 valence electrons. The predicted molar refractivity (Wildman–Crippen MR) is 116 cm³/mol. The van der Waals surface area contributed by atoms with Crippen molar-refractivity contribution >= 4 is 11.0 Å². The Morgan fingerprint density at radius 1 is 1.23 bits per heavy atom. The molecule has 0 spiro atoms. The third-order valence-electron chi connectivity index (χ3n) is 6.12. The van der Waals surface area contributed by atoms with E-state index >= 15 is 0 Å². The minimum atomic E-state index is -0.305. The Bertz CT molecular complexity index is 1010. The van der Waals surface area contributed by atoms with Crippen LogP contribution in [0.2, 0.25) is 0 Å². The van der Waals surface area contributed by atoms with Gasteiger partial charge in [-0.05, 0) is 69.1 Å². The van der Waals surface area contributed by atoms with Crippen molar-refractivity contribution in [2.45, 2.75) is 38.2 Å². The summed E-state index contributed by atoms with van der Waals surface area (Å²) in [6.45, 7) is 5.39. The van der Waals surface area contributed by atoms with Crippen molar-refractivity contribution in [3.05, 3.63) is 53.5 Å². The Labute approximate surface area is 181 Å². The summed E-state index contributed by atoms with van der Waals surface area (Å²) in [6, 6.07) is 10.0. The van der Waals surface area contributed by atoms with E-state index in [4.69, 9.17) is 14.0 Å². The first kappa shape index (κ1) is 21.6. The van der Waals surface area contributed by atoms with Crippen molar-refractivity contribution < 1.29 is 23.5 Å². The Morgan fingerprint density at radius 2 is 2.03 bits per heavy atom. The number of fused-ring (bicyclic) bond motifs is 1. The fourth-order valence-electron chi connectivity index (χ4n) is 4.17. The van der Waals surface area contributed by atoms with E-state index < -0.39 is 0 Å². The van der Waals surface area contributed by atoms with Crippen LogP contribution in [0.15, 0.2) is 40.9 Å². The van der Waals surface area contributed by atoms with E-state index in [-0.39, 0.29) is 17.7 Å². The monoisotopic (exact) mass is 428 g/mol. The average molecular weight is 429 g/mol. The maximum Gasteiger partial charge on any atom is 0.170 e. The number of halogens is 1. The molecule has 1 aliphatic heterocycles. The van der Waals surface area contributed by atoms with Crippen LogP contribution in [0.5, 0.6) is 11.5 Å². The van der Waals surface area contributed by atoms with Crippen molar-refractivity contribution in [3.8, 4) is 11.5 Å². The first-order valence-corrected chi connectivity index (χ1v) is 10.8. The van der Waals surface area contributed by atoms with Gasteiger partial charge in [-0.3, -0.25) is 0 Å². The molecular weight excluding hydrogens is 399 g/mol. The van der Waals surface area contributed by atoms with Crippen LogP contribution in [-0.4, -0.2) is 48.5 Å². The van der Waals surface area contributed by atoms with Gasteiger partial charge in [-0.2, -0.15) is 0 Å². The Morgan fingerprint density at radius 3 is 2.77 bits per heavy atom. The lowest BCUT2D eigenvalue weighted by molar-refractivity contribution is 0.119. The number of rotatable bonds is 8. The standard InChI is InChI=1S/C24H29FN2O4/c1-16(29-2)18-4-7-22(21(28)14-18)30-13-3-10-27-11-8-17(9-12-27)24-20-6-5-19(25)15-23(20)31-26-24/h4-7,14-17,28H,3,8-13H2,1-2H3. The van der Waals surface area contributed by atoms with Gasteiger partial charge in [0.25, 0.3) is 0 Å². The van der Waals surface area contributed by atoms with Gasteiger partial charge in [-0.25, -0.2) is 4.39 Å². The molecule has 0 amide bonds. The van der Waals surface area contributed by atoms with Crippen LogP contribution in [0.4, 0.5) is 4.39 Å². The van der Waals surface area contributed by atoms with Crippen LogP contribution in [0.3, 0.4) is 0 Å². The average Bonchev–Trinajstić information content (AvgIpc) is 3.20. The molecule has 4 rings (SSSR count). The second-order valence-corrected chi connectivity index (χ2v) is 8.13. The number of piperidine rings is 1. The number of aromatic hydroxyl groups is 1. The number of hydrogen-bond acceptors (Lipinski definition) is 6. The van der Waals surface area contributed by atoms with Crippen molar-refractivity contribution in [2.75, 3.05) is 33.4 Å². The summed E-state index contributed by atoms with van der Waals surface area (Å²) in [5.74, 6) is 0.673. The van der Waals surface area contributed by atoms with Crippen LogP contribution in [0.25, 0.3) is 11.0 Å². The first-order valence-electron chi connectivity index (χ1n) is 10.8. The molecule has 0 saturated carbocycles. The normalized spacial score (nSPS) is 16.6. The molecule has 0 bridgehead atoms. The number of nitrogens with zero attached hydrogens (tertiary/aromatic N) is 2. The maximum absolute atomic E-state index is 13.4. The molecular formula is C24H29FN2O4. The third kappa shape index (κ3) is 4.99. The number of hydrogen-bond donors (Lipinski definition) is 1. The van der Waals surface area contributed by atoms with E-state index in [1.807, 2.05) is 13.0 Å². The summed E-state index contributed by atoms with van der Waals surface area (Å²) in [5, 5.41) is 15.3. The topological polar surface area (TPSA) is 68.0 Å². The number of phenols is 1. The summed E-state index contributed by atoms with van der Waals surface area (Å²) in [7, 11) is 1.64. The zero-order valence-corrected chi connectivity index (χ0v) is 18.0. The molecule has 0 radical (unpaired) electrons. The van der Waals surface area contributed by atoms with Crippen LogP contribution >= 0.6 is 0 Å². The van der Waals surface area contributed by atoms with E-state index in [1.54, 1.807) is 25.3 Å². The molecule has 2 heterocycles. The molecule has 1 atom stereocenters. The lowest BCUT2D eigenvalue weighted by Crippen LogP contribution is -2.34. The first-order chi connectivity index (χ1) is 15.0. The van der Waals surface area contributed by atoms with E-state index in [9.17, 15) is 9.50 Å². The Hall–Kier alpha value is -2.64. The second-order valence-electron chi connectivity index (χ2n) is 8.13. The fourth-order valence-corrected chi connectivity index (χ4v) is 4.17. The van der Waals surface area contributed by atoms with Gasteiger partial charge < -0.3 is 24.0 Å². The van der Waals surface area contributed by atoms with Gasteiger partial charge in [0.1, 0.15) is 5.82 Å². The highest BCUT2D eigenvalue weighted by Crippen LogP contribution is 2.33. The van der Waals surface area contributed by atoms with Gasteiger partial charge in [0, 0.05) is 31.0 Å². The molecule has 0 aliphatic carbocycles. The number of likely N-dealkylation sites (tertiary alicyclic amines) is 1. The molecule has 3 aromatic rings. The molecule has 1 N–H and O–H groups in total. The fraction of sp³-hybridized carbons (Fsp3) is 0.458. The second kappa shape index (κ2) is 9.66. The molecule has 1 aromatic heterocycles. The molecule has 1 saturated heterocycles. The number of aromatic nitrogens is 1. The van der Waals surface area contributed by atoms with Crippen molar-refractivity contribution in [2.24, 2.45) is 0 Å². The quantitative estimate of drug-likeness (QED) is 0.508. The van der Waals surface area contributed by atoms with Gasteiger partial charge >= 0.3 is 0 Å². The summed E-state index contributed by atoms with van der Waals surface area (Å²) in [5.41, 5.74) is 2.38. The minimum Gasteiger partial charge on any atom is -0.504 e. The lowest BCUT2D eigenvalue weighted by Gasteiger charge is -2.31. The van der Waals surface area contributed by atoms with Gasteiger partial charge in [-0.15, -0.1) is 0 Å². The Kier molecular flexibility index (Phi) is 6.73. The molecule has 1 aliphatic rings. The summed E-state index contributed by atoms with van der Waals surface area (Å²) >= 11 is 0. The largest absolute Gasteiger partial charge is 0.504 e. The van der Waals surface area contributed by atoms with Gasteiger partial charge in [0.05, 0.1) is 18.4 Å². The van der Waals surface area contributed by atoms with Crippen LogP contribution in [0, 0.1) is 5.82 Å². The van der Waals surface area contributed by atoms with Crippen molar-refractivity contribution in [1.29, 1.82) is 0 Å². The van der Waals surface area contributed by atoms with E-state index in [2.05, 4.69) is 10.1 Å². The highest BCUT2D eigenvalue weighted by atomic mass is 19.1. The molecule has 1 fully saturated rings. The molecule has 7 heteroatoms. The third-order valence-corrected chi connectivity index (χ3v) is 6.12. The molecule has 6 nitrogen and oxygen atoms in total. The summed E-state index contributed by atoms with van der Waals surface area (Å²) in [4.78, 5) is 2.42. The zero-order chi connectivity index (χ0) is 21.8. The zero-order valence-electron chi connectivity index (χ0n) is 18.0. The minimum absolute atomic E-state index is 0.0701. The molecule has 2 aromatic carbocycles. The van der Waals surface area contributed by atoms with Crippen molar-refractivity contribution in [3.63, 3.8) is 0 Å². The molecule has 1 unspecified atom stereocenters. The number of ether oxygens (including phenoxy) is 2. The van der Waals surface area contributed by atoms with Gasteiger partial charge in [0.15, 0.2) is 17.1 Å². The predicted octanol–water partition coefficient (Wildman–Crippen LogP) is 5.03. The SMILES string of the molecule is COC(C)c1ccc(OCCCN2CCC(c3noc4cc(F)ccc34)CC2)c(O)c1. The van der Waals surface area contributed by atoms with Crippen molar-refractivity contribution in [1.82, 2.24) is 10.1 Å². The lowest BCUT2D eigenvalue weighted by atomic mass is 9.91. The summed E-state index contributed by atoms with van der Waals surface area (Å²) < 4.78 is 29.7. The van der Waals surface area contributed by atoms with E-state index in [1.165, 1.54) is 12.1 Å². The Balaban J connectivity index is 1.22. The van der Waals surface area contributed by atoms with Gasteiger partial charge in [0.2, 0.25) is 0 Å². The summed E-state index contributed by atoms with van der Waals surface area (Å²) in [6.07, 6.45) is 2.81. The van der Waals surface area contributed by atoms with Gasteiger partial charge in [-0.1, -0.05) is 11.2 Å². The van der Waals surface area contributed by atoms with Crippen LogP contribution in [-0.2, 0) is 4.74 Å². The number of benzene rings is 2. The maximum atomic E-state index is 13.4. The highest BCUT2D eigenvalue weighted by Gasteiger charge is 2.25. The van der Waals surface area contributed by atoms with Crippen LogP contribution in [0.1, 0.15) is 49.5 Å². The molecule has 31 heavy (non-hydrogen) atoms. The van der Waals surface area contributed by atoms with E-state index in [0.717, 1.165) is 55.5 Å².